The van der Waals surface area contributed by atoms with E-state index in [-0.39, 0.29) is 6.54 Å². The Morgan fingerprint density at radius 1 is 1.48 bits per heavy atom. The van der Waals surface area contributed by atoms with Crippen LogP contribution in [0.4, 0.5) is 9.18 Å². The number of amides is 1. The molecule has 0 unspecified atom stereocenters. The van der Waals surface area contributed by atoms with E-state index in [1.165, 1.54) is 11.8 Å². The van der Waals surface area contributed by atoms with E-state index >= 15 is 0 Å². The molecule has 1 aromatic carbocycles. The summed E-state index contributed by atoms with van der Waals surface area (Å²) in [5.41, 5.74) is -0.106. The lowest BCUT2D eigenvalue weighted by atomic mass is 10.2. The van der Waals surface area contributed by atoms with Crippen molar-refractivity contribution in [1.29, 1.82) is 0 Å². The number of hydrogen-bond acceptors (Lipinski definition) is 3. The summed E-state index contributed by atoms with van der Waals surface area (Å²) >= 11 is 7.33. The summed E-state index contributed by atoms with van der Waals surface area (Å²) in [5, 5.41) is 3.17. The standard InChI is InChI=1S/C15H19ClFNO2S/c1-15(2,3)20-14(19)18-9-11(8-17)10-21-13-6-4-5-12(16)7-13/h4-8H,9-10H2,1-3H3,(H,18,19)/b11-8+. The maximum atomic E-state index is 12.8. The Labute approximate surface area is 133 Å². The first-order chi connectivity index (χ1) is 9.80. The fraction of sp³-hybridized carbons (Fsp3) is 0.400. The van der Waals surface area contributed by atoms with Crippen LogP contribution in [0.25, 0.3) is 0 Å². The van der Waals surface area contributed by atoms with E-state index in [2.05, 4.69) is 5.32 Å². The highest BCUT2D eigenvalue weighted by Gasteiger charge is 2.16. The van der Waals surface area contributed by atoms with Crippen LogP contribution in [0.3, 0.4) is 0 Å². The van der Waals surface area contributed by atoms with Crippen molar-refractivity contribution in [3.63, 3.8) is 0 Å². The van der Waals surface area contributed by atoms with Gasteiger partial charge in [0.05, 0.1) is 6.33 Å². The zero-order chi connectivity index (χ0) is 15.9. The summed E-state index contributed by atoms with van der Waals surface area (Å²) < 4.78 is 17.9. The van der Waals surface area contributed by atoms with Gasteiger partial charge >= 0.3 is 6.09 Å². The molecule has 21 heavy (non-hydrogen) atoms. The predicted octanol–water partition coefficient (Wildman–Crippen LogP) is 4.81. The number of halogens is 2. The Hall–Kier alpha value is -1.20. The Kier molecular flexibility index (Phi) is 7.05. The number of ether oxygens (including phenoxy) is 1. The molecule has 1 rings (SSSR count). The number of benzene rings is 1. The van der Waals surface area contributed by atoms with Crippen molar-refractivity contribution >= 4 is 29.5 Å². The zero-order valence-electron chi connectivity index (χ0n) is 12.3. The lowest BCUT2D eigenvalue weighted by Crippen LogP contribution is -2.33. The number of nitrogens with one attached hydrogen (secondary N) is 1. The van der Waals surface area contributed by atoms with E-state index in [0.717, 1.165) is 4.90 Å². The molecule has 0 bridgehead atoms. The smallest absolute Gasteiger partial charge is 0.407 e. The van der Waals surface area contributed by atoms with Gasteiger partial charge in [-0.3, -0.25) is 0 Å². The second-order valence-electron chi connectivity index (χ2n) is 5.37. The summed E-state index contributed by atoms with van der Waals surface area (Å²) in [6, 6.07) is 7.32. The molecule has 0 saturated carbocycles. The first kappa shape index (κ1) is 17.9. The van der Waals surface area contributed by atoms with Crippen molar-refractivity contribution < 1.29 is 13.9 Å². The highest BCUT2D eigenvalue weighted by molar-refractivity contribution is 7.99. The van der Waals surface area contributed by atoms with Crippen molar-refractivity contribution in [2.45, 2.75) is 31.3 Å². The quantitative estimate of drug-likeness (QED) is 0.787. The molecule has 0 saturated heterocycles. The van der Waals surface area contributed by atoms with E-state index < -0.39 is 11.7 Å². The first-order valence-electron chi connectivity index (χ1n) is 6.43. The summed E-state index contributed by atoms with van der Waals surface area (Å²) in [6.07, 6.45) is -0.0517. The molecule has 6 heteroatoms. The van der Waals surface area contributed by atoms with Crippen LogP contribution in [0, 0.1) is 0 Å². The monoisotopic (exact) mass is 331 g/mol. The van der Waals surface area contributed by atoms with Crippen LogP contribution in [0.2, 0.25) is 5.02 Å². The molecule has 1 aromatic rings. The van der Waals surface area contributed by atoms with Crippen LogP contribution >= 0.6 is 23.4 Å². The minimum absolute atomic E-state index is 0.110. The van der Waals surface area contributed by atoms with Crippen molar-refractivity contribution in [2.24, 2.45) is 0 Å². The van der Waals surface area contributed by atoms with Crippen molar-refractivity contribution in [3.05, 3.63) is 41.2 Å². The fourth-order valence-electron chi connectivity index (χ4n) is 1.35. The largest absolute Gasteiger partial charge is 0.444 e. The van der Waals surface area contributed by atoms with Crippen LogP contribution in [-0.2, 0) is 4.74 Å². The molecule has 116 valence electrons. The van der Waals surface area contributed by atoms with E-state index in [1.807, 2.05) is 18.2 Å². The zero-order valence-corrected chi connectivity index (χ0v) is 13.9. The van der Waals surface area contributed by atoms with Gasteiger partial charge < -0.3 is 10.1 Å². The molecule has 0 heterocycles. The van der Waals surface area contributed by atoms with Gasteiger partial charge in [0, 0.05) is 22.2 Å². The minimum atomic E-state index is -0.570. The Morgan fingerprint density at radius 3 is 2.76 bits per heavy atom. The molecule has 0 aliphatic rings. The molecule has 0 atom stereocenters. The minimum Gasteiger partial charge on any atom is -0.444 e. The maximum absolute atomic E-state index is 12.8. The number of alkyl carbamates (subject to hydrolysis) is 1. The molecule has 0 radical (unpaired) electrons. The Bertz CT molecular complexity index is 515. The third kappa shape index (κ3) is 7.97. The van der Waals surface area contributed by atoms with Gasteiger partial charge in [-0.2, -0.15) is 0 Å². The third-order valence-corrected chi connectivity index (χ3v) is 3.57. The molecule has 0 aliphatic carbocycles. The van der Waals surface area contributed by atoms with Crippen LogP contribution in [0.1, 0.15) is 20.8 Å². The number of thioether (sulfide) groups is 1. The molecule has 1 N–H and O–H groups in total. The maximum Gasteiger partial charge on any atom is 0.407 e. The van der Waals surface area contributed by atoms with Gasteiger partial charge in [0.1, 0.15) is 5.60 Å². The summed E-state index contributed by atoms with van der Waals surface area (Å²) in [6.45, 7) is 5.42. The fourth-order valence-corrected chi connectivity index (χ4v) is 2.51. The van der Waals surface area contributed by atoms with Crippen LogP contribution in [0.15, 0.2) is 41.1 Å². The first-order valence-corrected chi connectivity index (χ1v) is 7.80. The second kappa shape index (κ2) is 8.29. The van der Waals surface area contributed by atoms with Crippen molar-refractivity contribution in [3.8, 4) is 0 Å². The molecular formula is C15H19ClFNO2S. The lowest BCUT2D eigenvalue weighted by molar-refractivity contribution is 0.0532. The van der Waals surface area contributed by atoms with Crippen LogP contribution < -0.4 is 5.32 Å². The molecule has 0 spiro atoms. The van der Waals surface area contributed by atoms with Gasteiger partial charge in [-0.1, -0.05) is 17.7 Å². The van der Waals surface area contributed by atoms with Crippen molar-refractivity contribution in [2.75, 3.05) is 12.3 Å². The third-order valence-electron chi connectivity index (χ3n) is 2.23. The Morgan fingerprint density at radius 2 is 2.19 bits per heavy atom. The van der Waals surface area contributed by atoms with Gasteiger partial charge in [-0.15, -0.1) is 11.8 Å². The summed E-state index contributed by atoms with van der Waals surface area (Å²) in [5.74, 6) is 0.423. The normalized spacial score (nSPS) is 12.1. The van der Waals surface area contributed by atoms with E-state index in [9.17, 15) is 9.18 Å². The van der Waals surface area contributed by atoms with Crippen LogP contribution in [-0.4, -0.2) is 24.0 Å². The van der Waals surface area contributed by atoms with Gasteiger partial charge in [-0.25, -0.2) is 9.18 Å². The highest BCUT2D eigenvalue weighted by atomic mass is 35.5. The molecule has 0 aromatic heterocycles. The molecule has 1 amide bonds. The van der Waals surface area contributed by atoms with Gasteiger partial charge in [-0.05, 0) is 44.5 Å². The van der Waals surface area contributed by atoms with Gasteiger partial charge in [0.15, 0.2) is 0 Å². The summed E-state index contributed by atoms with van der Waals surface area (Å²) in [7, 11) is 0. The number of hydrogen-bond donors (Lipinski definition) is 1. The molecule has 0 fully saturated rings. The summed E-state index contributed by atoms with van der Waals surface area (Å²) in [4.78, 5) is 12.4. The highest BCUT2D eigenvalue weighted by Crippen LogP contribution is 2.23. The molecular weight excluding hydrogens is 313 g/mol. The number of carbonyl (C=O) groups excluding carboxylic acids is 1. The number of rotatable bonds is 5. The van der Waals surface area contributed by atoms with Gasteiger partial charge in [0.2, 0.25) is 0 Å². The average molecular weight is 332 g/mol. The predicted molar refractivity (Wildman–Crippen MR) is 85.6 cm³/mol. The van der Waals surface area contributed by atoms with E-state index in [4.69, 9.17) is 16.3 Å². The van der Waals surface area contributed by atoms with E-state index in [1.54, 1.807) is 26.8 Å². The SMILES string of the molecule is CC(C)(C)OC(=O)NC/C(=C\F)CSc1cccc(Cl)c1. The van der Waals surface area contributed by atoms with E-state index in [0.29, 0.717) is 22.7 Å². The molecule has 0 aliphatic heterocycles. The number of carbonyl (C=O) groups is 1. The van der Waals surface area contributed by atoms with Crippen molar-refractivity contribution in [1.82, 2.24) is 5.32 Å². The topological polar surface area (TPSA) is 38.3 Å². The van der Waals surface area contributed by atoms with Gasteiger partial charge in [0.25, 0.3) is 0 Å². The molecule has 3 nitrogen and oxygen atoms in total. The Balaban J connectivity index is 2.41. The van der Waals surface area contributed by atoms with Crippen LogP contribution in [0.5, 0.6) is 0 Å². The second-order valence-corrected chi connectivity index (χ2v) is 6.85. The lowest BCUT2D eigenvalue weighted by Gasteiger charge is -2.19. The average Bonchev–Trinajstić information content (AvgIpc) is 2.37.